The maximum Gasteiger partial charge on any atom is 0.254 e. The molecule has 4 nitrogen and oxygen atoms in total. The van der Waals surface area contributed by atoms with Crippen LogP contribution in [0.4, 0.5) is 0 Å². The van der Waals surface area contributed by atoms with Gasteiger partial charge in [-0.1, -0.05) is 12.1 Å². The molecule has 1 aliphatic carbocycles. The normalized spacial score (nSPS) is 13.9. The van der Waals surface area contributed by atoms with Crippen molar-refractivity contribution in [2.45, 2.75) is 32.4 Å². The van der Waals surface area contributed by atoms with Gasteiger partial charge in [0.2, 0.25) is 0 Å². The van der Waals surface area contributed by atoms with Gasteiger partial charge in [-0.05, 0) is 49.6 Å². The average Bonchev–Trinajstić information content (AvgIpc) is 3.12. The number of nitrogens with zero attached hydrogens (tertiary/aromatic N) is 2. The molecule has 2 heterocycles. The molecule has 1 N–H and O–H groups in total. The summed E-state index contributed by atoms with van der Waals surface area (Å²) in [6.07, 6.45) is 5.84. The molecule has 0 radical (unpaired) electrons. The minimum absolute atomic E-state index is 0.119. The number of amides is 1. The number of nitrogens with one attached hydrogen (secondary N) is 1. The van der Waals surface area contributed by atoms with Crippen molar-refractivity contribution >= 4 is 17.2 Å². The summed E-state index contributed by atoms with van der Waals surface area (Å²) in [4.78, 5) is 17.6. The summed E-state index contributed by atoms with van der Waals surface area (Å²) in [5.74, 6) is 0.119. The zero-order valence-electron chi connectivity index (χ0n) is 13.5. The third kappa shape index (κ3) is 3.12. The van der Waals surface area contributed by atoms with E-state index in [1.54, 1.807) is 17.5 Å². The highest BCUT2D eigenvalue weighted by molar-refractivity contribution is 7.11. The molecule has 0 unspecified atom stereocenters. The Morgan fingerprint density at radius 2 is 2.17 bits per heavy atom. The van der Waals surface area contributed by atoms with Crippen LogP contribution in [0.1, 0.15) is 33.0 Å². The highest BCUT2D eigenvalue weighted by Gasteiger charge is 2.33. The van der Waals surface area contributed by atoms with Crippen molar-refractivity contribution in [1.29, 1.82) is 0 Å². The first-order chi connectivity index (χ1) is 11.7. The van der Waals surface area contributed by atoms with Gasteiger partial charge in [0, 0.05) is 33.1 Å². The largest absolute Gasteiger partial charge is 0.331 e. The fraction of sp³-hybridized carbons (Fsp3) is 0.263. The lowest BCUT2D eigenvalue weighted by Crippen LogP contribution is -2.32. The van der Waals surface area contributed by atoms with E-state index >= 15 is 0 Å². The zero-order chi connectivity index (χ0) is 16.5. The lowest BCUT2D eigenvalue weighted by atomic mass is 10.1. The first kappa shape index (κ1) is 15.1. The Morgan fingerprint density at radius 1 is 1.29 bits per heavy atom. The molecule has 1 aliphatic rings. The molecule has 122 valence electrons. The summed E-state index contributed by atoms with van der Waals surface area (Å²) in [7, 11) is 0. The van der Waals surface area contributed by atoms with E-state index in [-0.39, 0.29) is 5.91 Å². The second-order valence-electron chi connectivity index (χ2n) is 6.24. The van der Waals surface area contributed by atoms with E-state index in [0.29, 0.717) is 12.6 Å². The highest BCUT2D eigenvalue weighted by atomic mass is 32.1. The molecule has 0 saturated heterocycles. The maximum atomic E-state index is 13.1. The van der Waals surface area contributed by atoms with Gasteiger partial charge < -0.3 is 4.90 Å². The maximum absolute atomic E-state index is 13.1. The van der Waals surface area contributed by atoms with Crippen LogP contribution in [0, 0.1) is 6.92 Å². The topological polar surface area (TPSA) is 49.0 Å². The monoisotopic (exact) mass is 337 g/mol. The lowest BCUT2D eigenvalue weighted by Gasteiger charge is -2.22. The van der Waals surface area contributed by atoms with Gasteiger partial charge in [0.15, 0.2) is 0 Å². The Morgan fingerprint density at radius 3 is 2.83 bits per heavy atom. The standard InChI is InChI=1S/C19H19N3OS/c1-13-5-8-18(24-13)12-22(17-6-7-17)19(23)15-4-2-3-14(9-15)16-10-20-21-11-16/h2-5,8-11,17H,6-7,12H2,1H3,(H,20,21). The average molecular weight is 337 g/mol. The summed E-state index contributed by atoms with van der Waals surface area (Å²) in [6, 6.07) is 12.4. The molecular formula is C19H19N3OS. The number of aryl methyl sites for hydroxylation is 1. The number of carbonyl (C=O) groups is 1. The molecule has 0 atom stereocenters. The fourth-order valence-corrected chi connectivity index (χ4v) is 3.79. The quantitative estimate of drug-likeness (QED) is 0.756. The number of aromatic amines is 1. The molecule has 1 amide bonds. The third-order valence-corrected chi connectivity index (χ3v) is 5.30. The molecular weight excluding hydrogens is 318 g/mol. The van der Waals surface area contributed by atoms with Gasteiger partial charge >= 0.3 is 0 Å². The lowest BCUT2D eigenvalue weighted by molar-refractivity contribution is 0.0731. The first-order valence-corrected chi connectivity index (χ1v) is 8.98. The zero-order valence-corrected chi connectivity index (χ0v) is 14.3. The first-order valence-electron chi connectivity index (χ1n) is 8.16. The van der Waals surface area contributed by atoms with Crippen molar-refractivity contribution in [3.8, 4) is 11.1 Å². The Kier molecular flexibility index (Phi) is 3.94. The number of thiophene rings is 1. The number of benzene rings is 1. The van der Waals surface area contributed by atoms with E-state index in [2.05, 4.69) is 29.3 Å². The van der Waals surface area contributed by atoms with Crippen LogP contribution >= 0.6 is 11.3 Å². The molecule has 5 heteroatoms. The van der Waals surface area contributed by atoms with Crippen molar-refractivity contribution in [2.75, 3.05) is 0 Å². The minimum atomic E-state index is 0.119. The van der Waals surface area contributed by atoms with E-state index < -0.39 is 0 Å². The van der Waals surface area contributed by atoms with Gasteiger partial charge in [0.1, 0.15) is 0 Å². The van der Waals surface area contributed by atoms with Gasteiger partial charge in [0.25, 0.3) is 5.91 Å². The Balaban J connectivity index is 1.59. The van der Waals surface area contributed by atoms with Crippen molar-refractivity contribution in [2.24, 2.45) is 0 Å². The molecule has 1 saturated carbocycles. The van der Waals surface area contributed by atoms with Crippen LogP contribution in [0.3, 0.4) is 0 Å². The van der Waals surface area contributed by atoms with Crippen molar-refractivity contribution in [3.63, 3.8) is 0 Å². The molecule has 0 aliphatic heterocycles. The summed E-state index contributed by atoms with van der Waals surface area (Å²) < 4.78 is 0. The molecule has 4 rings (SSSR count). The predicted octanol–water partition coefficient (Wildman–Crippen LogP) is 4.25. The number of rotatable bonds is 5. The van der Waals surface area contributed by atoms with Gasteiger partial charge in [-0.2, -0.15) is 5.10 Å². The summed E-state index contributed by atoms with van der Waals surface area (Å²) in [6.45, 7) is 2.81. The third-order valence-electron chi connectivity index (χ3n) is 4.31. The molecule has 0 spiro atoms. The molecule has 2 aromatic heterocycles. The highest BCUT2D eigenvalue weighted by Crippen LogP contribution is 2.31. The van der Waals surface area contributed by atoms with Gasteiger partial charge in [-0.15, -0.1) is 11.3 Å². The van der Waals surface area contributed by atoms with Crippen LogP contribution in [0.15, 0.2) is 48.8 Å². The number of H-pyrrole nitrogens is 1. The van der Waals surface area contributed by atoms with Crippen LogP contribution in [0.5, 0.6) is 0 Å². The van der Waals surface area contributed by atoms with Crippen LogP contribution in [0.2, 0.25) is 0 Å². The fourth-order valence-electron chi connectivity index (χ4n) is 2.90. The van der Waals surface area contributed by atoms with E-state index in [0.717, 1.165) is 29.5 Å². The van der Waals surface area contributed by atoms with Crippen LogP contribution in [0.25, 0.3) is 11.1 Å². The van der Waals surface area contributed by atoms with E-state index in [9.17, 15) is 4.79 Å². The van der Waals surface area contributed by atoms with E-state index in [4.69, 9.17) is 0 Å². The second-order valence-corrected chi connectivity index (χ2v) is 7.62. The van der Waals surface area contributed by atoms with E-state index in [1.807, 2.05) is 35.4 Å². The van der Waals surface area contributed by atoms with Crippen LogP contribution < -0.4 is 0 Å². The van der Waals surface area contributed by atoms with Gasteiger partial charge in [0.05, 0.1) is 12.7 Å². The SMILES string of the molecule is Cc1ccc(CN(C(=O)c2cccc(-c3cn[nH]c3)c2)C2CC2)s1. The van der Waals surface area contributed by atoms with Crippen LogP contribution in [-0.4, -0.2) is 27.0 Å². The van der Waals surface area contributed by atoms with Crippen molar-refractivity contribution < 1.29 is 4.79 Å². The van der Waals surface area contributed by atoms with E-state index in [1.165, 1.54) is 9.75 Å². The van der Waals surface area contributed by atoms with Gasteiger partial charge in [-0.25, -0.2) is 0 Å². The molecule has 24 heavy (non-hydrogen) atoms. The number of hydrogen-bond acceptors (Lipinski definition) is 3. The number of carbonyl (C=O) groups excluding carboxylic acids is 1. The summed E-state index contributed by atoms with van der Waals surface area (Å²) in [5.41, 5.74) is 2.75. The Labute approximate surface area is 145 Å². The number of aromatic nitrogens is 2. The molecule has 0 bridgehead atoms. The summed E-state index contributed by atoms with van der Waals surface area (Å²) >= 11 is 1.77. The second kappa shape index (κ2) is 6.24. The molecule has 3 aromatic rings. The van der Waals surface area contributed by atoms with Crippen molar-refractivity contribution in [1.82, 2.24) is 15.1 Å². The summed E-state index contributed by atoms with van der Waals surface area (Å²) in [5, 5.41) is 6.80. The Bertz CT molecular complexity index is 849. The number of hydrogen-bond donors (Lipinski definition) is 1. The Hall–Kier alpha value is -2.40. The minimum Gasteiger partial charge on any atom is -0.331 e. The van der Waals surface area contributed by atoms with Crippen LogP contribution in [-0.2, 0) is 6.54 Å². The smallest absolute Gasteiger partial charge is 0.254 e. The molecule has 1 fully saturated rings. The predicted molar refractivity (Wildman–Crippen MR) is 96.0 cm³/mol. The van der Waals surface area contributed by atoms with Gasteiger partial charge in [-0.3, -0.25) is 9.89 Å². The van der Waals surface area contributed by atoms with Crippen molar-refractivity contribution in [3.05, 3.63) is 64.1 Å². The molecule has 1 aromatic carbocycles.